The van der Waals surface area contributed by atoms with Crippen LogP contribution in [-0.2, 0) is 0 Å². The molecular weight excluding hydrogens is 166 g/mol. The lowest BCUT2D eigenvalue weighted by Crippen LogP contribution is -2.09. The number of nitrogens with two attached hydrogens (primary N) is 1. The van der Waals surface area contributed by atoms with Gasteiger partial charge in [0.25, 0.3) is 0 Å². The van der Waals surface area contributed by atoms with Crippen molar-refractivity contribution in [3.8, 4) is 0 Å². The third-order valence-corrected chi connectivity index (χ3v) is 2.73. The minimum absolute atomic E-state index is 0.173. The van der Waals surface area contributed by atoms with Crippen LogP contribution in [-0.4, -0.2) is 5.37 Å². The van der Waals surface area contributed by atoms with Crippen molar-refractivity contribution in [2.75, 3.05) is 0 Å². The first-order chi connectivity index (χ1) is 5.59. The summed E-state index contributed by atoms with van der Waals surface area (Å²) in [6.07, 6.45) is 0. The van der Waals surface area contributed by atoms with Crippen molar-refractivity contribution < 1.29 is 0 Å². The number of aryl methyl sites for hydroxylation is 2. The highest BCUT2D eigenvalue weighted by Crippen LogP contribution is 2.24. The van der Waals surface area contributed by atoms with E-state index in [9.17, 15) is 0 Å². The Balaban J connectivity index is 2.86. The smallest absolute Gasteiger partial charge is 0.0525 e. The van der Waals surface area contributed by atoms with Gasteiger partial charge in [0.2, 0.25) is 0 Å². The fraction of sp³-hybridized carbons (Fsp3) is 0.400. The fourth-order valence-electron chi connectivity index (χ4n) is 1.13. The van der Waals surface area contributed by atoms with Gasteiger partial charge in [-0.2, -0.15) is 0 Å². The average molecular weight is 181 g/mol. The van der Waals surface area contributed by atoms with Gasteiger partial charge in [-0.05, 0) is 32.4 Å². The highest BCUT2D eigenvalue weighted by Gasteiger charge is 2.01. The van der Waals surface area contributed by atoms with Crippen molar-refractivity contribution in [3.63, 3.8) is 0 Å². The maximum absolute atomic E-state index is 5.69. The molecular formula is C10H15NS. The molecule has 0 aliphatic rings. The van der Waals surface area contributed by atoms with Gasteiger partial charge in [-0.15, -0.1) is 11.8 Å². The molecule has 66 valence electrons. The molecule has 0 fully saturated rings. The normalized spacial score (nSPS) is 13.0. The number of thioether (sulfide) groups is 1. The lowest BCUT2D eigenvalue weighted by molar-refractivity contribution is 1.04. The van der Waals surface area contributed by atoms with Gasteiger partial charge in [0.05, 0.1) is 5.37 Å². The van der Waals surface area contributed by atoms with Crippen LogP contribution >= 0.6 is 11.8 Å². The first-order valence-corrected chi connectivity index (χ1v) is 4.97. The van der Waals surface area contributed by atoms with Crippen LogP contribution in [0.3, 0.4) is 0 Å². The quantitative estimate of drug-likeness (QED) is 0.561. The standard InChI is InChI=1S/C10H15NS/c1-7-4-5-10(8(2)6-7)12-9(3)11/h4-6,9H,11H2,1-3H3. The Morgan fingerprint density at radius 2 is 2.00 bits per heavy atom. The van der Waals surface area contributed by atoms with E-state index in [0.717, 1.165) is 0 Å². The van der Waals surface area contributed by atoms with Crippen LogP contribution in [0.2, 0.25) is 0 Å². The molecule has 0 radical (unpaired) electrons. The molecule has 1 unspecified atom stereocenters. The van der Waals surface area contributed by atoms with Gasteiger partial charge in [0, 0.05) is 4.90 Å². The highest BCUT2D eigenvalue weighted by atomic mass is 32.2. The summed E-state index contributed by atoms with van der Waals surface area (Å²) in [5.41, 5.74) is 8.32. The molecule has 1 rings (SSSR count). The van der Waals surface area contributed by atoms with E-state index in [1.54, 1.807) is 11.8 Å². The summed E-state index contributed by atoms with van der Waals surface area (Å²) in [6.45, 7) is 6.23. The molecule has 0 aliphatic carbocycles. The Labute approximate surface area is 78.4 Å². The van der Waals surface area contributed by atoms with Crippen molar-refractivity contribution in [1.82, 2.24) is 0 Å². The summed E-state index contributed by atoms with van der Waals surface area (Å²) < 4.78 is 0. The molecule has 0 spiro atoms. The van der Waals surface area contributed by atoms with Gasteiger partial charge in [-0.25, -0.2) is 0 Å². The number of benzene rings is 1. The van der Waals surface area contributed by atoms with Gasteiger partial charge in [0.15, 0.2) is 0 Å². The molecule has 1 aromatic carbocycles. The van der Waals surface area contributed by atoms with Crippen molar-refractivity contribution >= 4 is 11.8 Å². The maximum atomic E-state index is 5.69. The van der Waals surface area contributed by atoms with Gasteiger partial charge >= 0.3 is 0 Å². The second-order valence-corrected chi connectivity index (χ2v) is 4.51. The molecule has 0 bridgehead atoms. The number of hydrogen-bond donors (Lipinski definition) is 1. The van der Waals surface area contributed by atoms with Crippen molar-refractivity contribution in [2.24, 2.45) is 5.73 Å². The van der Waals surface area contributed by atoms with E-state index in [1.807, 2.05) is 6.92 Å². The minimum Gasteiger partial charge on any atom is -0.319 e. The molecule has 1 atom stereocenters. The molecule has 0 saturated heterocycles. The second kappa shape index (κ2) is 3.97. The van der Waals surface area contributed by atoms with E-state index >= 15 is 0 Å². The number of rotatable bonds is 2. The molecule has 2 N–H and O–H groups in total. The SMILES string of the molecule is Cc1ccc(SC(C)N)c(C)c1. The van der Waals surface area contributed by atoms with Crippen LogP contribution in [0.25, 0.3) is 0 Å². The molecule has 0 aromatic heterocycles. The summed E-state index contributed by atoms with van der Waals surface area (Å²) >= 11 is 1.71. The topological polar surface area (TPSA) is 26.0 Å². The molecule has 1 nitrogen and oxygen atoms in total. The molecule has 2 heteroatoms. The largest absolute Gasteiger partial charge is 0.319 e. The summed E-state index contributed by atoms with van der Waals surface area (Å²) in [6, 6.07) is 6.45. The van der Waals surface area contributed by atoms with Crippen LogP contribution in [0.15, 0.2) is 23.1 Å². The molecule has 12 heavy (non-hydrogen) atoms. The Bertz CT molecular complexity index is 269. The van der Waals surface area contributed by atoms with Gasteiger partial charge < -0.3 is 5.73 Å². The predicted octanol–water partition coefficient (Wildman–Crippen LogP) is 2.70. The van der Waals surface area contributed by atoms with Gasteiger partial charge in [-0.1, -0.05) is 17.7 Å². The van der Waals surface area contributed by atoms with Crippen molar-refractivity contribution in [1.29, 1.82) is 0 Å². The highest BCUT2D eigenvalue weighted by molar-refractivity contribution is 7.99. The molecule has 0 heterocycles. The minimum atomic E-state index is 0.173. The summed E-state index contributed by atoms with van der Waals surface area (Å²) in [4.78, 5) is 1.29. The Kier molecular flexibility index (Phi) is 3.18. The van der Waals surface area contributed by atoms with E-state index in [2.05, 4.69) is 32.0 Å². The van der Waals surface area contributed by atoms with Crippen LogP contribution in [0.4, 0.5) is 0 Å². The van der Waals surface area contributed by atoms with Crippen LogP contribution < -0.4 is 5.73 Å². The second-order valence-electron chi connectivity index (χ2n) is 3.09. The summed E-state index contributed by atoms with van der Waals surface area (Å²) in [5.74, 6) is 0. The van der Waals surface area contributed by atoms with Crippen LogP contribution in [0, 0.1) is 13.8 Å². The summed E-state index contributed by atoms with van der Waals surface area (Å²) in [7, 11) is 0. The molecule has 0 amide bonds. The zero-order chi connectivity index (χ0) is 9.14. The van der Waals surface area contributed by atoms with Gasteiger partial charge in [0.1, 0.15) is 0 Å². The van der Waals surface area contributed by atoms with Crippen LogP contribution in [0.1, 0.15) is 18.1 Å². The van der Waals surface area contributed by atoms with Crippen LogP contribution in [0.5, 0.6) is 0 Å². The van der Waals surface area contributed by atoms with E-state index in [1.165, 1.54) is 16.0 Å². The molecule has 0 aliphatic heterocycles. The lowest BCUT2D eigenvalue weighted by atomic mass is 10.2. The summed E-state index contributed by atoms with van der Waals surface area (Å²) in [5, 5.41) is 0.173. The Morgan fingerprint density at radius 1 is 1.33 bits per heavy atom. The zero-order valence-electron chi connectivity index (χ0n) is 7.79. The first-order valence-electron chi connectivity index (χ1n) is 4.09. The third-order valence-electron chi connectivity index (χ3n) is 1.64. The monoisotopic (exact) mass is 181 g/mol. The van der Waals surface area contributed by atoms with E-state index in [4.69, 9.17) is 5.73 Å². The van der Waals surface area contributed by atoms with Gasteiger partial charge in [-0.3, -0.25) is 0 Å². The average Bonchev–Trinajstić information content (AvgIpc) is 1.94. The van der Waals surface area contributed by atoms with E-state index in [-0.39, 0.29) is 5.37 Å². The maximum Gasteiger partial charge on any atom is 0.0525 e. The predicted molar refractivity (Wildman–Crippen MR) is 55.4 cm³/mol. The third kappa shape index (κ3) is 2.54. The van der Waals surface area contributed by atoms with E-state index < -0.39 is 0 Å². The van der Waals surface area contributed by atoms with Crippen molar-refractivity contribution in [3.05, 3.63) is 29.3 Å². The van der Waals surface area contributed by atoms with Crippen molar-refractivity contribution in [2.45, 2.75) is 31.0 Å². The fourth-order valence-corrected chi connectivity index (χ4v) is 1.92. The Hall–Kier alpha value is -0.470. The van der Waals surface area contributed by atoms with E-state index in [0.29, 0.717) is 0 Å². The molecule has 1 aromatic rings. The first kappa shape index (κ1) is 9.62. The zero-order valence-corrected chi connectivity index (χ0v) is 8.61. The Morgan fingerprint density at radius 3 is 2.50 bits per heavy atom. The number of hydrogen-bond acceptors (Lipinski definition) is 2. The molecule has 0 saturated carbocycles. The lowest BCUT2D eigenvalue weighted by Gasteiger charge is -2.08.